The van der Waals surface area contributed by atoms with Gasteiger partial charge in [0.05, 0.1) is 10.7 Å². The van der Waals surface area contributed by atoms with E-state index < -0.39 is 0 Å². The summed E-state index contributed by atoms with van der Waals surface area (Å²) in [7, 11) is 0. The normalized spacial score (nSPS) is 17.7. The highest BCUT2D eigenvalue weighted by Crippen LogP contribution is 2.21. The average molecular weight is 227 g/mol. The molecule has 4 heteroatoms. The smallest absolute Gasteiger partial charge is 0.0820 e. The Bertz CT molecular complexity index is 313. The number of hydrogen-bond donors (Lipinski definition) is 1. The summed E-state index contributed by atoms with van der Waals surface area (Å²) >= 11 is 5.99. The van der Waals surface area contributed by atoms with Gasteiger partial charge in [0.15, 0.2) is 0 Å². The molecule has 0 atom stereocenters. The summed E-state index contributed by atoms with van der Waals surface area (Å²) in [5.74, 6) is 0.697. The molecule has 0 aliphatic carbocycles. The van der Waals surface area contributed by atoms with E-state index in [1.54, 1.807) is 12.4 Å². The van der Waals surface area contributed by atoms with Gasteiger partial charge in [0.2, 0.25) is 0 Å². The van der Waals surface area contributed by atoms with Gasteiger partial charge in [0.1, 0.15) is 0 Å². The first-order chi connectivity index (χ1) is 7.36. The minimum absolute atomic E-state index is 0.685. The maximum atomic E-state index is 5.99. The van der Waals surface area contributed by atoms with Crippen molar-refractivity contribution in [2.45, 2.75) is 12.8 Å². The third-order valence-electron chi connectivity index (χ3n) is 2.69. The zero-order chi connectivity index (χ0) is 10.5. The maximum absolute atomic E-state index is 5.99. The summed E-state index contributed by atoms with van der Waals surface area (Å²) < 4.78 is 5.31. The molecule has 1 aromatic heterocycles. The molecule has 0 aromatic carbocycles. The zero-order valence-corrected chi connectivity index (χ0v) is 9.33. The molecule has 15 heavy (non-hydrogen) atoms. The second-order valence-electron chi connectivity index (χ2n) is 3.79. The first-order valence-electron chi connectivity index (χ1n) is 5.27. The van der Waals surface area contributed by atoms with Gasteiger partial charge in [0.25, 0.3) is 0 Å². The second kappa shape index (κ2) is 5.33. The van der Waals surface area contributed by atoms with Crippen LogP contribution in [-0.4, -0.2) is 24.7 Å². The third-order valence-corrected chi connectivity index (χ3v) is 3.00. The van der Waals surface area contributed by atoms with Gasteiger partial charge in [-0.1, -0.05) is 11.6 Å². The van der Waals surface area contributed by atoms with Gasteiger partial charge in [-0.25, -0.2) is 0 Å². The van der Waals surface area contributed by atoms with E-state index in [0.29, 0.717) is 10.9 Å². The fraction of sp³-hybridized carbons (Fsp3) is 0.545. The Morgan fingerprint density at radius 2 is 2.27 bits per heavy atom. The van der Waals surface area contributed by atoms with E-state index in [4.69, 9.17) is 16.3 Å². The van der Waals surface area contributed by atoms with Crippen molar-refractivity contribution in [3.63, 3.8) is 0 Å². The van der Waals surface area contributed by atoms with Crippen LogP contribution in [0.4, 0.5) is 5.69 Å². The summed E-state index contributed by atoms with van der Waals surface area (Å²) in [6.07, 6.45) is 5.68. The van der Waals surface area contributed by atoms with E-state index >= 15 is 0 Å². The van der Waals surface area contributed by atoms with Crippen LogP contribution >= 0.6 is 11.6 Å². The molecule has 0 unspecified atom stereocenters. The van der Waals surface area contributed by atoms with Crippen molar-refractivity contribution in [2.75, 3.05) is 25.1 Å². The van der Waals surface area contributed by atoms with Crippen molar-refractivity contribution >= 4 is 17.3 Å². The number of ether oxygens (including phenoxy) is 1. The number of halogens is 1. The van der Waals surface area contributed by atoms with Gasteiger partial charge in [-0.15, -0.1) is 0 Å². The Morgan fingerprint density at radius 3 is 3.00 bits per heavy atom. The second-order valence-corrected chi connectivity index (χ2v) is 4.20. The molecule has 1 aromatic rings. The van der Waals surface area contributed by atoms with E-state index in [2.05, 4.69) is 10.3 Å². The van der Waals surface area contributed by atoms with E-state index in [1.807, 2.05) is 6.07 Å². The number of rotatable bonds is 3. The number of anilines is 1. The highest BCUT2D eigenvalue weighted by Gasteiger charge is 2.13. The van der Waals surface area contributed by atoms with Crippen LogP contribution in [0.3, 0.4) is 0 Å². The van der Waals surface area contributed by atoms with E-state index in [9.17, 15) is 0 Å². The largest absolute Gasteiger partial charge is 0.383 e. The van der Waals surface area contributed by atoms with Crippen LogP contribution < -0.4 is 5.32 Å². The minimum atomic E-state index is 0.685. The quantitative estimate of drug-likeness (QED) is 0.860. The molecule has 2 heterocycles. The number of hydrogen-bond acceptors (Lipinski definition) is 3. The Labute approximate surface area is 94.8 Å². The third kappa shape index (κ3) is 3.08. The molecule has 1 saturated heterocycles. The van der Waals surface area contributed by atoms with Crippen molar-refractivity contribution in [1.29, 1.82) is 0 Å². The lowest BCUT2D eigenvalue weighted by Crippen LogP contribution is -2.22. The van der Waals surface area contributed by atoms with Crippen LogP contribution in [0.15, 0.2) is 18.5 Å². The standard InChI is InChI=1S/C11H15ClN2O/c12-10-8-13-4-1-11(10)14-7-9-2-5-15-6-3-9/h1,4,8-9H,2-3,5-7H2,(H,13,14). The number of nitrogens with one attached hydrogen (secondary N) is 1. The van der Waals surface area contributed by atoms with E-state index in [-0.39, 0.29) is 0 Å². The summed E-state index contributed by atoms with van der Waals surface area (Å²) in [6.45, 7) is 2.74. The maximum Gasteiger partial charge on any atom is 0.0820 e. The molecule has 1 fully saturated rings. The molecule has 0 amide bonds. The summed E-state index contributed by atoms with van der Waals surface area (Å²) in [5.41, 5.74) is 0.971. The molecule has 3 nitrogen and oxygen atoms in total. The topological polar surface area (TPSA) is 34.2 Å². The SMILES string of the molecule is Clc1cnccc1NCC1CCOCC1. The van der Waals surface area contributed by atoms with Gasteiger partial charge >= 0.3 is 0 Å². The monoisotopic (exact) mass is 226 g/mol. The lowest BCUT2D eigenvalue weighted by atomic mass is 10.0. The molecule has 1 aliphatic rings. The molecule has 0 spiro atoms. The molecule has 2 rings (SSSR count). The molecule has 1 aliphatic heterocycles. The molecular weight excluding hydrogens is 212 g/mol. The molecule has 0 bridgehead atoms. The van der Waals surface area contributed by atoms with Gasteiger partial charge < -0.3 is 10.1 Å². The molecule has 0 saturated carbocycles. The van der Waals surface area contributed by atoms with Crippen LogP contribution in [0.25, 0.3) is 0 Å². The Hall–Kier alpha value is -0.800. The number of nitrogens with zero attached hydrogens (tertiary/aromatic N) is 1. The summed E-state index contributed by atoms with van der Waals surface area (Å²) in [5, 5.41) is 4.04. The van der Waals surface area contributed by atoms with Crippen LogP contribution in [-0.2, 0) is 4.74 Å². The Morgan fingerprint density at radius 1 is 1.47 bits per heavy atom. The van der Waals surface area contributed by atoms with E-state index in [1.165, 1.54) is 0 Å². The van der Waals surface area contributed by atoms with Crippen LogP contribution in [0, 0.1) is 5.92 Å². The minimum Gasteiger partial charge on any atom is -0.383 e. The molecular formula is C11H15ClN2O. The molecule has 1 N–H and O–H groups in total. The first-order valence-corrected chi connectivity index (χ1v) is 5.65. The molecule has 82 valence electrons. The van der Waals surface area contributed by atoms with Crippen molar-refractivity contribution < 1.29 is 4.74 Å². The Balaban J connectivity index is 1.84. The fourth-order valence-corrected chi connectivity index (χ4v) is 1.91. The lowest BCUT2D eigenvalue weighted by Gasteiger charge is -2.22. The number of aromatic nitrogens is 1. The Kier molecular flexibility index (Phi) is 3.80. The summed E-state index contributed by atoms with van der Waals surface area (Å²) in [6, 6.07) is 1.90. The number of pyridine rings is 1. The predicted octanol–water partition coefficient (Wildman–Crippen LogP) is 2.57. The van der Waals surface area contributed by atoms with Gasteiger partial charge in [-0.3, -0.25) is 4.98 Å². The fourth-order valence-electron chi connectivity index (χ4n) is 1.72. The summed E-state index contributed by atoms with van der Waals surface area (Å²) in [4.78, 5) is 3.95. The van der Waals surface area contributed by atoms with Crippen molar-refractivity contribution in [2.24, 2.45) is 5.92 Å². The van der Waals surface area contributed by atoms with Crippen LogP contribution in [0.1, 0.15) is 12.8 Å². The molecule has 0 radical (unpaired) electrons. The first kappa shape index (κ1) is 10.7. The van der Waals surface area contributed by atoms with Crippen LogP contribution in [0.2, 0.25) is 5.02 Å². The van der Waals surface area contributed by atoms with Crippen molar-refractivity contribution in [3.05, 3.63) is 23.5 Å². The lowest BCUT2D eigenvalue weighted by molar-refractivity contribution is 0.0699. The van der Waals surface area contributed by atoms with Gasteiger partial charge in [-0.2, -0.15) is 0 Å². The van der Waals surface area contributed by atoms with Gasteiger partial charge in [0, 0.05) is 32.2 Å². The zero-order valence-electron chi connectivity index (χ0n) is 8.58. The van der Waals surface area contributed by atoms with Gasteiger partial charge in [-0.05, 0) is 24.8 Å². The highest BCUT2D eigenvalue weighted by atomic mass is 35.5. The van der Waals surface area contributed by atoms with Crippen molar-refractivity contribution in [3.8, 4) is 0 Å². The van der Waals surface area contributed by atoms with Crippen molar-refractivity contribution in [1.82, 2.24) is 4.98 Å². The van der Waals surface area contributed by atoms with E-state index in [0.717, 1.165) is 38.3 Å². The average Bonchev–Trinajstić information content (AvgIpc) is 2.29. The predicted molar refractivity (Wildman–Crippen MR) is 61.3 cm³/mol. The van der Waals surface area contributed by atoms with Crippen LogP contribution in [0.5, 0.6) is 0 Å². The highest BCUT2D eigenvalue weighted by molar-refractivity contribution is 6.33.